The van der Waals surface area contributed by atoms with Gasteiger partial charge in [0.25, 0.3) is 5.91 Å². The van der Waals surface area contributed by atoms with E-state index in [1.807, 2.05) is 0 Å². The number of carbonyl (C=O) groups is 2. The minimum atomic E-state index is -0.0947. The maximum absolute atomic E-state index is 12.3. The lowest BCUT2D eigenvalue weighted by Gasteiger charge is -2.31. The van der Waals surface area contributed by atoms with Gasteiger partial charge in [-0.05, 0) is 18.9 Å². The maximum Gasteiger partial charge on any atom is 0.255 e. The number of likely N-dealkylation sites (tertiary alicyclic amines) is 1. The highest BCUT2D eigenvalue weighted by atomic mass is 35.5. The number of nitrogens with one attached hydrogen (secondary N) is 1. The van der Waals surface area contributed by atoms with Gasteiger partial charge in [0.2, 0.25) is 5.91 Å². The predicted molar refractivity (Wildman–Crippen MR) is 71.9 cm³/mol. The molecule has 0 spiro atoms. The first-order valence-electron chi connectivity index (χ1n) is 6.24. The second-order valence-corrected chi connectivity index (χ2v) is 4.94. The summed E-state index contributed by atoms with van der Waals surface area (Å²) < 4.78 is 0. The normalized spacial score (nSPS) is 16.2. The van der Waals surface area contributed by atoms with Crippen molar-refractivity contribution in [3.8, 4) is 0 Å². The smallest absolute Gasteiger partial charge is 0.255 e. The molecule has 1 aliphatic heterocycles. The fourth-order valence-corrected chi connectivity index (χ4v) is 2.47. The molecule has 5 nitrogen and oxygen atoms in total. The summed E-state index contributed by atoms with van der Waals surface area (Å²) in [6.45, 7) is 1.16. The van der Waals surface area contributed by atoms with Crippen LogP contribution in [-0.4, -0.2) is 41.8 Å². The number of hydrogen-bond donors (Lipinski definition) is 1. The van der Waals surface area contributed by atoms with Crippen molar-refractivity contribution in [1.29, 1.82) is 0 Å². The van der Waals surface area contributed by atoms with Gasteiger partial charge in [-0.1, -0.05) is 11.6 Å². The lowest BCUT2D eigenvalue weighted by atomic mass is 9.95. The Bertz CT molecular complexity index is 485. The molecule has 1 aromatic heterocycles. The first-order chi connectivity index (χ1) is 9.13. The van der Waals surface area contributed by atoms with Crippen LogP contribution >= 0.6 is 11.6 Å². The molecule has 2 rings (SSSR count). The number of aromatic nitrogens is 1. The molecular formula is C13H16ClN3O2. The number of nitrogens with zero attached hydrogens (tertiary/aromatic N) is 2. The number of halogens is 1. The summed E-state index contributed by atoms with van der Waals surface area (Å²) in [6, 6.07) is 1.62. The summed E-state index contributed by atoms with van der Waals surface area (Å²) in [4.78, 5) is 29.4. The van der Waals surface area contributed by atoms with E-state index in [-0.39, 0.29) is 17.7 Å². The molecule has 2 heterocycles. The highest BCUT2D eigenvalue weighted by Gasteiger charge is 2.27. The van der Waals surface area contributed by atoms with Gasteiger partial charge in [-0.15, -0.1) is 0 Å². The van der Waals surface area contributed by atoms with Gasteiger partial charge in [0.1, 0.15) is 0 Å². The van der Waals surface area contributed by atoms with Gasteiger partial charge in [-0.2, -0.15) is 0 Å². The maximum atomic E-state index is 12.3. The van der Waals surface area contributed by atoms with E-state index in [1.165, 1.54) is 6.20 Å². The van der Waals surface area contributed by atoms with E-state index in [1.54, 1.807) is 24.2 Å². The summed E-state index contributed by atoms with van der Waals surface area (Å²) in [5, 5.41) is 3.01. The Labute approximate surface area is 117 Å². The standard InChI is InChI=1S/C13H16ClN3O2/c1-15-12(18)9-3-6-17(7-4-9)13(19)10-2-5-16-8-11(10)14/h2,5,8-9H,3-4,6-7H2,1H3,(H,15,18). The molecule has 2 amide bonds. The Morgan fingerprint density at radius 1 is 1.42 bits per heavy atom. The molecule has 1 N–H and O–H groups in total. The number of rotatable bonds is 2. The van der Waals surface area contributed by atoms with Crippen LogP contribution in [0.2, 0.25) is 5.02 Å². The largest absolute Gasteiger partial charge is 0.359 e. The topological polar surface area (TPSA) is 62.3 Å². The molecule has 0 saturated carbocycles. The van der Waals surface area contributed by atoms with E-state index in [0.717, 1.165) is 0 Å². The highest BCUT2D eigenvalue weighted by molar-refractivity contribution is 6.33. The van der Waals surface area contributed by atoms with Crippen LogP contribution in [0.15, 0.2) is 18.5 Å². The average Bonchev–Trinajstić information content (AvgIpc) is 2.46. The molecule has 102 valence electrons. The van der Waals surface area contributed by atoms with Gasteiger partial charge >= 0.3 is 0 Å². The summed E-state index contributed by atoms with van der Waals surface area (Å²) in [6.07, 6.45) is 4.39. The van der Waals surface area contributed by atoms with Crippen molar-refractivity contribution in [3.05, 3.63) is 29.0 Å². The Morgan fingerprint density at radius 3 is 2.68 bits per heavy atom. The molecule has 1 saturated heterocycles. The second-order valence-electron chi connectivity index (χ2n) is 4.54. The van der Waals surface area contributed by atoms with Crippen LogP contribution in [0, 0.1) is 5.92 Å². The van der Waals surface area contributed by atoms with Gasteiger partial charge < -0.3 is 10.2 Å². The molecule has 1 aromatic rings. The highest BCUT2D eigenvalue weighted by Crippen LogP contribution is 2.21. The fraction of sp³-hybridized carbons (Fsp3) is 0.462. The third-order valence-electron chi connectivity index (χ3n) is 3.40. The van der Waals surface area contributed by atoms with E-state index in [4.69, 9.17) is 11.6 Å². The Morgan fingerprint density at radius 2 is 2.11 bits per heavy atom. The molecule has 0 radical (unpaired) electrons. The third kappa shape index (κ3) is 3.04. The van der Waals surface area contributed by atoms with Gasteiger partial charge in [0.05, 0.1) is 10.6 Å². The minimum Gasteiger partial charge on any atom is -0.359 e. The molecule has 6 heteroatoms. The summed E-state index contributed by atoms with van der Waals surface area (Å²) in [5.74, 6) is -0.0428. The van der Waals surface area contributed by atoms with Crippen molar-refractivity contribution >= 4 is 23.4 Å². The van der Waals surface area contributed by atoms with Crippen LogP contribution < -0.4 is 5.32 Å². The number of amides is 2. The lowest BCUT2D eigenvalue weighted by Crippen LogP contribution is -2.42. The Kier molecular flexibility index (Phi) is 4.37. The van der Waals surface area contributed by atoms with E-state index in [9.17, 15) is 9.59 Å². The summed E-state index contributed by atoms with van der Waals surface area (Å²) >= 11 is 5.97. The number of piperidine rings is 1. The minimum absolute atomic E-state index is 0.00182. The molecule has 0 aliphatic carbocycles. The van der Waals surface area contributed by atoms with Crippen LogP contribution in [0.1, 0.15) is 23.2 Å². The molecule has 0 bridgehead atoms. The zero-order chi connectivity index (χ0) is 13.8. The van der Waals surface area contributed by atoms with Crippen LogP contribution in [0.3, 0.4) is 0 Å². The fourth-order valence-electron chi connectivity index (χ4n) is 2.27. The van der Waals surface area contributed by atoms with Crippen molar-refractivity contribution in [1.82, 2.24) is 15.2 Å². The third-order valence-corrected chi connectivity index (χ3v) is 3.70. The second kappa shape index (κ2) is 6.02. The number of carbonyl (C=O) groups excluding carboxylic acids is 2. The number of pyridine rings is 1. The van der Waals surface area contributed by atoms with Crippen molar-refractivity contribution in [2.45, 2.75) is 12.8 Å². The predicted octanol–water partition coefficient (Wildman–Crippen LogP) is 1.33. The Hall–Kier alpha value is -1.62. The molecule has 19 heavy (non-hydrogen) atoms. The van der Waals surface area contributed by atoms with Crippen molar-refractivity contribution in [2.75, 3.05) is 20.1 Å². The monoisotopic (exact) mass is 281 g/mol. The van der Waals surface area contributed by atoms with Crippen molar-refractivity contribution in [3.63, 3.8) is 0 Å². The van der Waals surface area contributed by atoms with E-state index in [0.29, 0.717) is 36.5 Å². The van der Waals surface area contributed by atoms with E-state index < -0.39 is 0 Å². The van der Waals surface area contributed by atoms with E-state index in [2.05, 4.69) is 10.3 Å². The van der Waals surface area contributed by atoms with Crippen LogP contribution in [0.5, 0.6) is 0 Å². The summed E-state index contributed by atoms with van der Waals surface area (Å²) in [5.41, 5.74) is 0.468. The molecule has 1 fully saturated rings. The average molecular weight is 282 g/mol. The first kappa shape index (κ1) is 13.8. The Balaban J connectivity index is 2.00. The molecule has 0 atom stereocenters. The van der Waals surface area contributed by atoms with Crippen LogP contribution in [0.25, 0.3) is 0 Å². The van der Waals surface area contributed by atoms with Gasteiger partial charge in [-0.3, -0.25) is 14.6 Å². The van der Waals surface area contributed by atoms with E-state index >= 15 is 0 Å². The molecule has 1 aliphatic rings. The zero-order valence-electron chi connectivity index (χ0n) is 10.7. The molecular weight excluding hydrogens is 266 g/mol. The van der Waals surface area contributed by atoms with Gasteiger partial charge in [0, 0.05) is 38.4 Å². The van der Waals surface area contributed by atoms with Crippen LogP contribution in [-0.2, 0) is 4.79 Å². The summed E-state index contributed by atoms with van der Waals surface area (Å²) in [7, 11) is 1.64. The van der Waals surface area contributed by atoms with Gasteiger partial charge in [0.15, 0.2) is 0 Å². The first-order valence-corrected chi connectivity index (χ1v) is 6.61. The lowest BCUT2D eigenvalue weighted by molar-refractivity contribution is -0.125. The van der Waals surface area contributed by atoms with Gasteiger partial charge in [-0.25, -0.2) is 0 Å². The quantitative estimate of drug-likeness (QED) is 0.890. The molecule has 0 aromatic carbocycles. The van der Waals surface area contributed by atoms with Crippen molar-refractivity contribution in [2.24, 2.45) is 5.92 Å². The van der Waals surface area contributed by atoms with Crippen molar-refractivity contribution < 1.29 is 9.59 Å². The number of hydrogen-bond acceptors (Lipinski definition) is 3. The SMILES string of the molecule is CNC(=O)C1CCN(C(=O)c2ccncc2Cl)CC1. The molecule has 0 unspecified atom stereocenters. The zero-order valence-corrected chi connectivity index (χ0v) is 11.5. The van der Waals surface area contributed by atoms with Crippen LogP contribution in [0.4, 0.5) is 0 Å².